The van der Waals surface area contributed by atoms with Crippen LogP contribution in [0.5, 0.6) is 0 Å². The largest absolute Gasteiger partial charge is 0.376 e. The van der Waals surface area contributed by atoms with Gasteiger partial charge in [0.25, 0.3) is 0 Å². The van der Waals surface area contributed by atoms with Crippen molar-refractivity contribution in [3.05, 3.63) is 0 Å². The Labute approximate surface area is 99.9 Å². The predicted molar refractivity (Wildman–Crippen MR) is 66.8 cm³/mol. The van der Waals surface area contributed by atoms with Crippen molar-refractivity contribution in [1.29, 1.82) is 0 Å². The first-order valence-corrected chi connectivity index (χ1v) is 6.69. The minimum absolute atomic E-state index is 0.327. The molecule has 2 atom stereocenters. The minimum Gasteiger partial charge on any atom is -0.376 e. The smallest absolute Gasteiger partial charge is 0.0808 e. The second kappa shape index (κ2) is 8.04. The first kappa shape index (κ1) is 13.9. The summed E-state index contributed by atoms with van der Waals surface area (Å²) in [6.07, 6.45) is 5.38. The summed E-state index contributed by atoms with van der Waals surface area (Å²) >= 11 is 0. The van der Waals surface area contributed by atoms with Crippen LogP contribution >= 0.6 is 0 Å². The fraction of sp³-hybridized carbons (Fsp3) is 1.00. The van der Waals surface area contributed by atoms with E-state index in [9.17, 15) is 0 Å². The Hall–Kier alpha value is -0.120. The monoisotopic (exact) mass is 229 g/mol. The predicted octanol–water partition coefficient (Wildman–Crippen LogP) is 2.35. The molecule has 0 amide bonds. The van der Waals surface area contributed by atoms with Crippen LogP contribution in [0.3, 0.4) is 0 Å². The van der Waals surface area contributed by atoms with Crippen LogP contribution in [0.4, 0.5) is 0 Å². The van der Waals surface area contributed by atoms with Gasteiger partial charge in [0.05, 0.1) is 18.8 Å². The molecule has 0 spiro atoms. The number of rotatable bonds is 7. The maximum absolute atomic E-state index is 5.89. The second-order valence-corrected chi connectivity index (χ2v) is 4.92. The van der Waals surface area contributed by atoms with Crippen LogP contribution in [0, 0.1) is 0 Å². The van der Waals surface area contributed by atoms with Gasteiger partial charge in [-0.25, -0.2) is 0 Å². The van der Waals surface area contributed by atoms with Crippen molar-refractivity contribution in [2.24, 2.45) is 0 Å². The third kappa shape index (κ3) is 5.83. The van der Waals surface area contributed by atoms with E-state index in [4.69, 9.17) is 9.47 Å². The number of hydrogen-bond acceptors (Lipinski definition) is 3. The van der Waals surface area contributed by atoms with Gasteiger partial charge in [-0.2, -0.15) is 0 Å². The first-order valence-electron chi connectivity index (χ1n) is 6.69. The summed E-state index contributed by atoms with van der Waals surface area (Å²) in [6.45, 7) is 9.12. The number of nitrogens with one attached hydrogen (secondary N) is 1. The van der Waals surface area contributed by atoms with Crippen molar-refractivity contribution in [3.63, 3.8) is 0 Å². The van der Waals surface area contributed by atoms with Gasteiger partial charge in [0.2, 0.25) is 0 Å². The average Bonchev–Trinajstić information content (AvgIpc) is 2.30. The Morgan fingerprint density at radius 3 is 2.75 bits per heavy atom. The molecule has 3 heteroatoms. The van der Waals surface area contributed by atoms with Gasteiger partial charge in [-0.15, -0.1) is 0 Å². The molecular weight excluding hydrogens is 202 g/mol. The van der Waals surface area contributed by atoms with Crippen LogP contribution in [0.15, 0.2) is 0 Å². The highest BCUT2D eigenvalue weighted by Gasteiger charge is 2.16. The molecule has 1 heterocycles. The van der Waals surface area contributed by atoms with E-state index in [1.807, 2.05) is 0 Å². The molecule has 0 aromatic rings. The summed E-state index contributed by atoms with van der Waals surface area (Å²) in [5, 5.41) is 3.42. The molecule has 1 fully saturated rings. The normalized spacial score (nSPS) is 23.6. The van der Waals surface area contributed by atoms with Gasteiger partial charge < -0.3 is 14.8 Å². The van der Waals surface area contributed by atoms with Gasteiger partial charge in [0.1, 0.15) is 0 Å². The molecule has 1 aliphatic heterocycles. The van der Waals surface area contributed by atoms with E-state index in [2.05, 4.69) is 26.1 Å². The Bertz CT molecular complexity index is 167. The molecule has 96 valence electrons. The van der Waals surface area contributed by atoms with Crippen molar-refractivity contribution in [2.45, 2.75) is 64.7 Å². The van der Waals surface area contributed by atoms with Crippen LogP contribution in [-0.4, -0.2) is 38.0 Å². The van der Waals surface area contributed by atoms with E-state index in [1.54, 1.807) is 0 Å². The molecule has 3 nitrogen and oxygen atoms in total. The summed E-state index contributed by atoms with van der Waals surface area (Å²) in [7, 11) is 0. The first-order chi connectivity index (χ1) is 7.72. The molecule has 1 rings (SSSR count). The van der Waals surface area contributed by atoms with Crippen LogP contribution in [0.25, 0.3) is 0 Å². The van der Waals surface area contributed by atoms with Crippen molar-refractivity contribution in [3.8, 4) is 0 Å². The van der Waals surface area contributed by atoms with Gasteiger partial charge in [-0.1, -0.05) is 20.8 Å². The molecule has 0 bridgehead atoms. The van der Waals surface area contributed by atoms with E-state index >= 15 is 0 Å². The lowest BCUT2D eigenvalue weighted by Gasteiger charge is -2.25. The standard InChI is InChI=1S/C13H27NO2/c1-4-12(9-14-11(2)3)16-10-13-7-5-6-8-15-13/h11-14H,4-10H2,1-3H3. The Morgan fingerprint density at radius 1 is 1.38 bits per heavy atom. The topological polar surface area (TPSA) is 30.5 Å². The fourth-order valence-electron chi connectivity index (χ4n) is 1.87. The lowest BCUT2D eigenvalue weighted by atomic mass is 10.1. The highest BCUT2D eigenvalue weighted by Crippen LogP contribution is 2.13. The molecule has 2 unspecified atom stereocenters. The molecule has 0 aliphatic carbocycles. The van der Waals surface area contributed by atoms with Gasteiger partial charge >= 0.3 is 0 Å². The van der Waals surface area contributed by atoms with Gasteiger partial charge in [-0.05, 0) is 25.7 Å². The summed E-state index contributed by atoms with van der Waals surface area (Å²) in [5.74, 6) is 0. The van der Waals surface area contributed by atoms with Crippen molar-refractivity contribution in [2.75, 3.05) is 19.8 Å². The lowest BCUT2D eigenvalue weighted by Crippen LogP contribution is -2.35. The highest BCUT2D eigenvalue weighted by molar-refractivity contribution is 4.66. The van der Waals surface area contributed by atoms with E-state index in [0.717, 1.165) is 32.6 Å². The van der Waals surface area contributed by atoms with E-state index in [-0.39, 0.29) is 0 Å². The van der Waals surface area contributed by atoms with Crippen molar-refractivity contribution >= 4 is 0 Å². The fourth-order valence-corrected chi connectivity index (χ4v) is 1.87. The molecule has 16 heavy (non-hydrogen) atoms. The highest BCUT2D eigenvalue weighted by atomic mass is 16.5. The van der Waals surface area contributed by atoms with E-state index in [0.29, 0.717) is 18.2 Å². The van der Waals surface area contributed by atoms with Crippen molar-refractivity contribution < 1.29 is 9.47 Å². The second-order valence-electron chi connectivity index (χ2n) is 4.92. The molecule has 1 aliphatic rings. The minimum atomic E-state index is 0.327. The Balaban J connectivity index is 2.11. The maximum Gasteiger partial charge on any atom is 0.0808 e. The molecule has 0 saturated carbocycles. The number of hydrogen-bond donors (Lipinski definition) is 1. The van der Waals surface area contributed by atoms with Gasteiger partial charge in [-0.3, -0.25) is 0 Å². The Kier molecular flexibility index (Phi) is 7.01. The molecule has 0 aromatic heterocycles. The third-order valence-corrected chi connectivity index (χ3v) is 3.00. The van der Waals surface area contributed by atoms with E-state index in [1.165, 1.54) is 12.8 Å². The van der Waals surface area contributed by atoms with Crippen LogP contribution < -0.4 is 5.32 Å². The Morgan fingerprint density at radius 2 is 2.19 bits per heavy atom. The quantitative estimate of drug-likeness (QED) is 0.727. The van der Waals surface area contributed by atoms with E-state index < -0.39 is 0 Å². The third-order valence-electron chi connectivity index (χ3n) is 3.00. The maximum atomic E-state index is 5.89. The molecule has 1 N–H and O–H groups in total. The molecule has 0 radical (unpaired) electrons. The van der Waals surface area contributed by atoms with Crippen molar-refractivity contribution in [1.82, 2.24) is 5.32 Å². The summed E-state index contributed by atoms with van der Waals surface area (Å²) in [6, 6.07) is 0.531. The van der Waals surface area contributed by atoms with Crippen LogP contribution in [0.1, 0.15) is 46.5 Å². The summed E-state index contributed by atoms with van der Waals surface area (Å²) in [4.78, 5) is 0. The van der Waals surface area contributed by atoms with Crippen LogP contribution in [0.2, 0.25) is 0 Å². The SMILES string of the molecule is CCC(CNC(C)C)OCC1CCCCO1. The molecule has 1 saturated heterocycles. The van der Waals surface area contributed by atoms with Gasteiger partial charge in [0.15, 0.2) is 0 Å². The lowest BCUT2D eigenvalue weighted by molar-refractivity contribution is -0.0631. The van der Waals surface area contributed by atoms with Crippen LogP contribution in [-0.2, 0) is 9.47 Å². The number of ether oxygens (including phenoxy) is 2. The zero-order chi connectivity index (χ0) is 11.8. The molecule has 0 aromatic carbocycles. The summed E-state index contributed by atoms with van der Waals surface area (Å²) < 4.78 is 11.5. The molecular formula is C13H27NO2. The average molecular weight is 229 g/mol. The zero-order valence-electron chi connectivity index (χ0n) is 11.0. The zero-order valence-corrected chi connectivity index (χ0v) is 11.0. The van der Waals surface area contributed by atoms with Gasteiger partial charge in [0, 0.05) is 19.2 Å². The summed E-state index contributed by atoms with van der Waals surface area (Å²) in [5.41, 5.74) is 0.